The van der Waals surface area contributed by atoms with Gasteiger partial charge in [-0.3, -0.25) is 19.3 Å². The van der Waals surface area contributed by atoms with Crippen LogP contribution in [-0.4, -0.2) is 128 Å². The zero-order valence-corrected chi connectivity index (χ0v) is 27.4. The van der Waals surface area contributed by atoms with Crippen molar-refractivity contribution in [1.29, 1.82) is 0 Å². The number of thioether (sulfide) groups is 1. The molecule has 5 fully saturated rings. The van der Waals surface area contributed by atoms with Crippen LogP contribution in [0.5, 0.6) is 0 Å². The largest absolute Gasteiger partial charge is 0.378 e. The summed E-state index contributed by atoms with van der Waals surface area (Å²) in [6, 6.07) is -0.746. The van der Waals surface area contributed by atoms with Crippen LogP contribution in [-0.2, 0) is 19.1 Å². The number of fused-ring (bicyclic) bond motifs is 1. The Morgan fingerprint density at radius 1 is 0.870 bits per heavy atom. The minimum absolute atomic E-state index is 0.0198. The standard InChI is InChI=1S/C31H44N10O4S/c1-46-18-10-25(41-26(42)22-7-3-4-8-23(22)27(41)43)28(44)39-13-9-21(19-39)24-20-40(36-35-24)31-33-29(37-11-5-2-6-12-37)32-30(34-31)38-14-16-45-17-15-38/h20-23,25H,2-19H2,1H3. The number of imide groups is 1. The van der Waals surface area contributed by atoms with E-state index in [-0.39, 0.29) is 35.5 Å². The lowest BCUT2D eigenvalue weighted by molar-refractivity contribution is -0.151. The number of rotatable bonds is 9. The van der Waals surface area contributed by atoms with Gasteiger partial charge in [0.1, 0.15) is 6.04 Å². The Bertz CT molecular complexity index is 1370. The number of piperidine rings is 1. The van der Waals surface area contributed by atoms with E-state index in [2.05, 4.69) is 20.1 Å². The average molecular weight is 653 g/mol. The number of likely N-dealkylation sites (tertiary alicyclic amines) is 2. The van der Waals surface area contributed by atoms with Gasteiger partial charge in [-0.1, -0.05) is 18.1 Å². The van der Waals surface area contributed by atoms with Crippen LogP contribution in [0.25, 0.3) is 5.95 Å². The molecule has 46 heavy (non-hydrogen) atoms. The van der Waals surface area contributed by atoms with E-state index in [0.717, 1.165) is 63.7 Å². The average Bonchev–Trinajstić information content (AvgIpc) is 3.85. The third kappa shape index (κ3) is 6.19. The molecule has 7 rings (SSSR count). The summed E-state index contributed by atoms with van der Waals surface area (Å²) in [4.78, 5) is 62.8. The lowest BCUT2D eigenvalue weighted by atomic mass is 9.81. The molecule has 4 saturated heterocycles. The quantitative estimate of drug-likeness (QED) is 0.365. The van der Waals surface area contributed by atoms with Crippen LogP contribution in [0.15, 0.2) is 6.20 Å². The highest BCUT2D eigenvalue weighted by atomic mass is 32.2. The maximum absolute atomic E-state index is 14.0. The lowest BCUT2D eigenvalue weighted by Crippen LogP contribution is -2.51. The van der Waals surface area contributed by atoms with E-state index in [9.17, 15) is 14.4 Å². The molecule has 1 aliphatic carbocycles. The molecule has 5 aliphatic rings. The first kappa shape index (κ1) is 31.3. The van der Waals surface area contributed by atoms with E-state index in [1.54, 1.807) is 16.4 Å². The number of hydrogen-bond acceptors (Lipinski definition) is 12. The Morgan fingerprint density at radius 2 is 1.52 bits per heavy atom. The van der Waals surface area contributed by atoms with Gasteiger partial charge < -0.3 is 19.4 Å². The second-order valence-corrected chi connectivity index (χ2v) is 14.1. The number of carbonyl (C=O) groups excluding carboxylic acids is 3. The van der Waals surface area contributed by atoms with Crippen molar-refractivity contribution in [2.24, 2.45) is 11.8 Å². The molecule has 0 radical (unpaired) electrons. The van der Waals surface area contributed by atoms with Gasteiger partial charge in [0, 0.05) is 45.2 Å². The Labute approximate surface area is 273 Å². The van der Waals surface area contributed by atoms with Gasteiger partial charge >= 0.3 is 0 Å². The van der Waals surface area contributed by atoms with E-state index in [4.69, 9.17) is 19.7 Å². The summed E-state index contributed by atoms with van der Waals surface area (Å²) in [7, 11) is 0. The van der Waals surface area contributed by atoms with Crippen molar-refractivity contribution in [1.82, 2.24) is 39.7 Å². The first-order valence-electron chi connectivity index (χ1n) is 16.9. The zero-order chi connectivity index (χ0) is 31.6. The number of anilines is 2. The van der Waals surface area contributed by atoms with Gasteiger partial charge in [0.05, 0.1) is 36.9 Å². The maximum Gasteiger partial charge on any atom is 0.258 e. The second kappa shape index (κ2) is 13.8. The number of nitrogens with zero attached hydrogens (tertiary/aromatic N) is 10. The summed E-state index contributed by atoms with van der Waals surface area (Å²) in [6.07, 6.45) is 11.9. The molecule has 0 N–H and O–H groups in total. The highest BCUT2D eigenvalue weighted by molar-refractivity contribution is 7.98. The highest BCUT2D eigenvalue weighted by Gasteiger charge is 2.52. The molecule has 6 heterocycles. The number of ether oxygens (including phenoxy) is 1. The normalized spacial score (nSPS) is 26.2. The first-order chi connectivity index (χ1) is 22.5. The summed E-state index contributed by atoms with van der Waals surface area (Å²) >= 11 is 1.62. The SMILES string of the molecule is CSCCC(C(=O)N1CCC(c2cn(-c3nc(N4CCCCC4)nc(N4CCOCC4)n3)nn2)C1)N1C(=O)C2CCCCC2C1=O. The zero-order valence-electron chi connectivity index (χ0n) is 26.6. The van der Waals surface area contributed by atoms with Crippen molar-refractivity contribution in [3.8, 4) is 5.95 Å². The third-order valence-corrected chi connectivity index (χ3v) is 10.9. The molecule has 4 unspecified atom stereocenters. The van der Waals surface area contributed by atoms with E-state index in [0.29, 0.717) is 69.4 Å². The number of carbonyl (C=O) groups is 3. The minimum Gasteiger partial charge on any atom is -0.378 e. The topological polar surface area (TPSA) is 143 Å². The van der Waals surface area contributed by atoms with Crippen LogP contribution in [0, 0.1) is 11.8 Å². The van der Waals surface area contributed by atoms with Crippen LogP contribution in [0.1, 0.15) is 69.4 Å². The van der Waals surface area contributed by atoms with Gasteiger partial charge in [-0.05, 0) is 57.0 Å². The van der Waals surface area contributed by atoms with Crippen LogP contribution < -0.4 is 9.80 Å². The summed E-state index contributed by atoms with van der Waals surface area (Å²) < 4.78 is 7.16. The predicted molar refractivity (Wildman–Crippen MR) is 172 cm³/mol. The number of amides is 3. The molecule has 1 saturated carbocycles. The fraction of sp³-hybridized carbons (Fsp3) is 0.742. The van der Waals surface area contributed by atoms with Gasteiger partial charge in [-0.15, -0.1) is 5.10 Å². The summed E-state index contributed by atoms with van der Waals surface area (Å²) in [6.45, 7) is 5.51. The number of hydrogen-bond donors (Lipinski definition) is 0. The number of morpholine rings is 1. The lowest BCUT2D eigenvalue weighted by Gasteiger charge is -2.30. The van der Waals surface area contributed by atoms with Crippen LogP contribution in [0.3, 0.4) is 0 Å². The Hall–Kier alpha value is -3.33. The van der Waals surface area contributed by atoms with Crippen molar-refractivity contribution >= 4 is 41.4 Å². The van der Waals surface area contributed by atoms with Crippen molar-refractivity contribution in [2.45, 2.75) is 69.7 Å². The molecule has 2 aromatic heterocycles. The van der Waals surface area contributed by atoms with Crippen molar-refractivity contribution in [3.63, 3.8) is 0 Å². The molecule has 0 aromatic carbocycles. The fourth-order valence-corrected chi connectivity index (χ4v) is 8.11. The maximum atomic E-state index is 14.0. The molecule has 0 bridgehead atoms. The van der Waals surface area contributed by atoms with Gasteiger partial charge in [0.15, 0.2) is 0 Å². The smallest absolute Gasteiger partial charge is 0.258 e. The second-order valence-electron chi connectivity index (χ2n) is 13.1. The molecular formula is C31H44N10O4S. The molecule has 15 heteroatoms. The molecule has 3 amide bonds. The first-order valence-corrected chi connectivity index (χ1v) is 18.3. The van der Waals surface area contributed by atoms with Crippen molar-refractivity contribution < 1.29 is 19.1 Å². The van der Waals surface area contributed by atoms with E-state index < -0.39 is 6.04 Å². The molecular weight excluding hydrogens is 608 g/mol. The molecule has 14 nitrogen and oxygen atoms in total. The minimum atomic E-state index is -0.746. The molecule has 4 atom stereocenters. The molecule has 4 aliphatic heterocycles. The van der Waals surface area contributed by atoms with Gasteiger partial charge in [0.25, 0.3) is 5.95 Å². The van der Waals surface area contributed by atoms with Gasteiger partial charge in [0.2, 0.25) is 29.6 Å². The summed E-state index contributed by atoms with van der Waals surface area (Å²) in [5.41, 5.74) is 0.767. The van der Waals surface area contributed by atoms with Crippen molar-refractivity contribution in [2.75, 3.05) is 74.3 Å². The molecule has 248 valence electrons. The molecule has 0 spiro atoms. The van der Waals surface area contributed by atoms with Crippen LogP contribution >= 0.6 is 11.8 Å². The van der Waals surface area contributed by atoms with Gasteiger partial charge in [-0.25, -0.2) is 0 Å². The van der Waals surface area contributed by atoms with Crippen LogP contribution in [0.4, 0.5) is 11.9 Å². The summed E-state index contributed by atoms with van der Waals surface area (Å²) in [5.74, 6) is 1.42. The summed E-state index contributed by atoms with van der Waals surface area (Å²) in [5, 5.41) is 8.92. The Morgan fingerprint density at radius 3 is 2.20 bits per heavy atom. The molecule has 2 aromatic rings. The monoisotopic (exact) mass is 652 g/mol. The highest BCUT2D eigenvalue weighted by Crippen LogP contribution is 2.40. The van der Waals surface area contributed by atoms with E-state index in [1.807, 2.05) is 17.4 Å². The fourth-order valence-electron chi connectivity index (χ4n) is 7.65. The van der Waals surface area contributed by atoms with E-state index >= 15 is 0 Å². The predicted octanol–water partition coefficient (Wildman–Crippen LogP) is 1.89. The van der Waals surface area contributed by atoms with Gasteiger partial charge in [-0.2, -0.15) is 31.4 Å². The van der Waals surface area contributed by atoms with Crippen LogP contribution in [0.2, 0.25) is 0 Å². The Balaban J connectivity index is 1.08. The Kier molecular flexibility index (Phi) is 9.38. The van der Waals surface area contributed by atoms with Crippen molar-refractivity contribution in [3.05, 3.63) is 11.9 Å². The third-order valence-electron chi connectivity index (χ3n) is 10.2. The number of aromatic nitrogens is 6. The van der Waals surface area contributed by atoms with E-state index in [1.165, 1.54) is 11.3 Å².